The third kappa shape index (κ3) is 2.99. The first-order valence-corrected chi connectivity index (χ1v) is 8.79. The van der Waals surface area contributed by atoms with Crippen molar-refractivity contribution in [3.63, 3.8) is 0 Å². The van der Waals surface area contributed by atoms with E-state index in [0.717, 1.165) is 37.3 Å². The standard InChI is InChI=1S/C17H18N4OS/c22-16(15-11-21-17(19-15)23-12-18-21)20-8-6-14(7-9-20)10-13-4-2-1-3-5-13/h1-5,11-12,14H,6-10H2. The number of carbonyl (C=O) groups is 1. The lowest BCUT2D eigenvalue weighted by atomic mass is 9.90. The number of amides is 1. The van der Waals surface area contributed by atoms with E-state index in [1.54, 1.807) is 16.2 Å². The average Bonchev–Trinajstić information content (AvgIpc) is 3.17. The fraction of sp³-hybridized carbons (Fsp3) is 0.353. The van der Waals surface area contributed by atoms with E-state index in [-0.39, 0.29) is 5.91 Å². The van der Waals surface area contributed by atoms with Gasteiger partial charge in [-0.15, -0.1) is 0 Å². The second-order valence-corrected chi connectivity index (χ2v) is 6.83. The van der Waals surface area contributed by atoms with Gasteiger partial charge in [-0.1, -0.05) is 41.7 Å². The monoisotopic (exact) mass is 326 g/mol. The molecule has 1 saturated heterocycles. The van der Waals surface area contributed by atoms with Gasteiger partial charge in [0, 0.05) is 13.1 Å². The predicted octanol–water partition coefficient (Wildman–Crippen LogP) is 2.89. The molecule has 0 N–H and O–H groups in total. The molecule has 0 saturated carbocycles. The number of fused-ring (bicyclic) bond motifs is 1. The van der Waals surface area contributed by atoms with Gasteiger partial charge in [-0.05, 0) is 30.7 Å². The molecule has 3 aromatic rings. The molecular weight excluding hydrogens is 308 g/mol. The van der Waals surface area contributed by atoms with Gasteiger partial charge in [0.05, 0.1) is 6.20 Å². The van der Waals surface area contributed by atoms with Crippen molar-refractivity contribution in [1.29, 1.82) is 0 Å². The highest BCUT2D eigenvalue weighted by Crippen LogP contribution is 2.23. The third-order valence-electron chi connectivity index (χ3n) is 4.47. The Hall–Kier alpha value is -2.21. The first kappa shape index (κ1) is 14.4. The average molecular weight is 326 g/mol. The molecule has 1 aliphatic heterocycles. The molecule has 0 radical (unpaired) electrons. The molecule has 0 bridgehead atoms. The Morgan fingerprint density at radius 1 is 1.22 bits per heavy atom. The van der Waals surface area contributed by atoms with Crippen LogP contribution in [-0.4, -0.2) is 38.5 Å². The van der Waals surface area contributed by atoms with E-state index in [0.29, 0.717) is 11.6 Å². The van der Waals surface area contributed by atoms with Crippen LogP contribution in [0.4, 0.5) is 0 Å². The van der Waals surface area contributed by atoms with Crippen molar-refractivity contribution in [3.8, 4) is 0 Å². The third-order valence-corrected chi connectivity index (χ3v) is 5.16. The topological polar surface area (TPSA) is 50.5 Å². The minimum Gasteiger partial charge on any atom is -0.337 e. The second-order valence-electron chi connectivity index (χ2n) is 6.02. The van der Waals surface area contributed by atoms with Gasteiger partial charge in [0.25, 0.3) is 5.91 Å². The molecule has 0 spiro atoms. The second kappa shape index (κ2) is 6.12. The number of hydrogen-bond donors (Lipinski definition) is 0. The summed E-state index contributed by atoms with van der Waals surface area (Å²) in [5, 5.41) is 4.13. The number of benzene rings is 1. The number of imidazole rings is 1. The van der Waals surface area contributed by atoms with Gasteiger partial charge in [0.15, 0.2) is 0 Å². The van der Waals surface area contributed by atoms with Crippen molar-refractivity contribution >= 4 is 22.2 Å². The van der Waals surface area contributed by atoms with Gasteiger partial charge in [-0.3, -0.25) is 4.79 Å². The molecule has 2 aromatic heterocycles. The molecule has 0 unspecified atom stereocenters. The summed E-state index contributed by atoms with van der Waals surface area (Å²) >= 11 is 1.44. The maximum atomic E-state index is 12.6. The van der Waals surface area contributed by atoms with E-state index in [1.165, 1.54) is 16.9 Å². The van der Waals surface area contributed by atoms with Crippen LogP contribution in [0.15, 0.2) is 42.0 Å². The molecule has 118 valence electrons. The highest BCUT2D eigenvalue weighted by molar-refractivity contribution is 7.14. The molecule has 1 fully saturated rings. The van der Waals surface area contributed by atoms with Crippen LogP contribution >= 0.6 is 11.3 Å². The zero-order valence-corrected chi connectivity index (χ0v) is 13.6. The van der Waals surface area contributed by atoms with Gasteiger partial charge in [0.1, 0.15) is 11.2 Å². The van der Waals surface area contributed by atoms with Crippen LogP contribution in [0, 0.1) is 5.92 Å². The maximum absolute atomic E-state index is 12.6. The Labute approximate surface area is 138 Å². The Morgan fingerprint density at radius 3 is 2.74 bits per heavy atom. The molecule has 6 heteroatoms. The SMILES string of the molecule is O=C(c1cn2ncsc2n1)N1CCC(Cc2ccccc2)CC1. The summed E-state index contributed by atoms with van der Waals surface area (Å²) in [7, 11) is 0. The zero-order valence-electron chi connectivity index (χ0n) is 12.8. The Morgan fingerprint density at radius 2 is 2.00 bits per heavy atom. The molecule has 1 amide bonds. The summed E-state index contributed by atoms with van der Waals surface area (Å²) in [6, 6.07) is 10.6. The normalized spacial score (nSPS) is 16.1. The fourth-order valence-electron chi connectivity index (χ4n) is 3.19. The minimum atomic E-state index is 0.0286. The summed E-state index contributed by atoms with van der Waals surface area (Å²) in [6.45, 7) is 1.63. The number of aromatic nitrogens is 3. The number of likely N-dealkylation sites (tertiary alicyclic amines) is 1. The van der Waals surface area contributed by atoms with Gasteiger partial charge in [0.2, 0.25) is 4.96 Å². The molecule has 4 rings (SSSR count). The molecule has 5 nitrogen and oxygen atoms in total. The van der Waals surface area contributed by atoms with Crippen molar-refractivity contribution in [2.75, 3.05) is 13.1 Å². The van der Waals surface area contributed by atoms with Crippen LogP contribution < -0.4 is 0 Å². The van der Waals surface area contributed by atoms with Crippen LogP contribution in [0.2, 0.25) is 0 Å². The van der Waals surface area contributed by atoms with Crippen molar-refractivity contribution < 1.29 is 4.79 Å². The van der Waals surface area contributed by atoms with Crippen LogP contribution in [0.3, 0.4) is 0 Å². The van der Waals surface area contributed by atoms with Crippen LogP contribution in [0.1, 0.15) is 28.9 Å². The minimum absolute atomic E-state index is 0.0286. The van der Waals surface area contributed by atoms with E-state index in [1.807, 2.05) is 4.90 Å². The number of rotatable bonds is 3. The van der Waals surface area contributed by atoms with E-state index in [2.05, 4.69) is 40.4 Å². The molecule has 1 aromatic carbocycles. The van der Waals surface area contributed by atoms with Crippen LogP contribution in [0.25, 0.3) is 4.96 Å². The molecule has 23 heavy (non-hydrogen) atoms. The van der Waals surface area contributed by atoms with E-state index in [9.17, 15) is 4.79 Å². The van der Waals surface area contributed by atoms with Crippen molar-refractivity contribution in [2.24, 2.45) is 5.92 Å². The lowest BCUT2D eigenvalue weighted by Gasteiger charge is -2.31. The fourth-order valence-corrected chi connectivity index (χ4v) is 3.79. The quantitative estimate of drug-likeness (QED) is 0.743. The highest BCUT2D eigenvalue weighted by atomic mass is 32.1. The number of carbonyl (C=O) groups excluding carboxylic acids is 1. The Kier molecular flexibility index (Phi) is 3.83. The highest BCUT2D eigenvalue weighted by Gasteiger charge is 2.25. The van der Waals surface area contributed by atoms with Gasteiger partial charge in [-0.25, -0.2) is 9.50 Å². The molecule has 1 aliphatic rings. The predicted molar refractivity (Wildman–Crippen MR) is 89.6 cm³/mol. The summed E-state index contributed by atoms with van der Waals surface area (Å²) in [5.41, 5.74) is 3.62. The van der Waals surface area contributed by atoms with Gasteiger partial charge < -0.3 is 4.90 Å². The first-order chi connectivity index (χ1) is 11.3. The van der Waals surface area contributed by atoms with Crippen LogP contribution in [-0.2, 0) is 6.42 Å². The lowest BCUT2D eigenvalue weighted by molar-refractivity contribution is 0.0685. The number of hydrogen-bond acceptors (Lipinski definition) is 4. The van der Waals surface area contributed by atoms with Crippen LogP contribution in [0.5, 0.6) is 0 Å². The summed E-state index contributed by atoms with van der Waals surface area (Å²) in [6.07, 6.45) is 4.94. The molecule has 0 aliphatic carbocycles. The maximum Gasteiger partial charge on any atom is 0.274 e. The first-order valence-electron chi connectivity index (χ1n) is 7.91. The zero-order chi connectivity index (χ0) is 15.6. The van der Waals surface area contributed by atoms with E-state index < -0.39 is 0 Å². The molecular formula is C17H18N4OS. The number of nitrogens with zero attached hydrogens (tertiary/aromatic N) is 4. The van der Waals surface area contributed by atoms with Crippen molar-refractivity contribution in [1.82, 2.24) is 19.5 Å². The summed E-state index contributed by atoms with van der Waals surface area (Å²) in [4.78, 5) is 19.6. The largest absolute Gasteiger partial charge is 0.337 e. The van der Waals surface area contributed by atoms with Gasteiger partial charge in [-0.2, -0.15) is 5.10 Å². The summed E-state index contributed by atoms with van der Waals surface area (Å²) < 4.78 is 1.67. The van der Waals surface area contributed by atoms with E-state index in [4.69, 9.17) is 0 Å². The van der Waals surface area contributed by atoms with Crippen molar-refractivity contribution in [2.45, 2.75) is 19.3 Å². The molecule has 3 heterocycles. The van der Waals surface area contributed by atoms with Crippen molar-refractivity contribution in [3.05, 3.63) is 53.3 Å². The lowest BCUT2D eigenvalue weighted by Crippen LogP contribution is -2.39. The smallest absolute Gasteiger partial charge is 0.274 e. The number of piperidine rings is 1. The summed E-state index contributed by atoms with van der Waals surface area (Å²) in [5.74, 6) is 0.689. The Balaban J connectivity index is 1.37. The van der Waals surface area contributed by atoms with Gasteiger partial charge >= 0.3 is 0 Å². The Bertz CT molecular complexity index is 774. The van der Waals surface area contributed by atoms with E-state index >= 15 is 0 Å². The molecule has 0 atom stereocenters.